The Morgan fingerprint density at radius 1 is 0.979 bits per heavy atom. The van der Waals surface area contributed by atoms with Gasteiger partial charge >= 0.3 is 12.3 Å². The van der Waals surface area contributed by atoms with Gasteiger partial charge in [0.25, 0.3) is 0 Å². The summed E-state index contributed by atoms with van der Waals surface area (Å²) in [5.41, 5.74) is 1.46. The van der Waals surface area contributed by atoms with Crippen molar-refractivity contribution >= 4 is 46.2 Å². The molecule has 4 aromatic rings. The first kappa shape index (κ1) is 31.9. The molecule has 47 heavy (non-hydrogen) atoms. The number of amidine groups is 1. The van der Waals surface area contributed by atoms with Crippen molar-refractivity contribution in [1.29, 1.82) is 0 Å². The van der Waals surface area contributed by atoms with Crippen LogP contribution in [0.3, 0.4) is 0 Å². The van der Waals surface area contributed by atoms with Gasteiger partial charge in [-0.25, -0.2) is 9.79 Å². The molecule has 9 nitrogen and oxygen atoms in total. The fourth-order valence-electron chi connectivity index (χ4n) is 5.32. The van der Waals surface area contributed by atoms with Gasteiger partial charge in [0, 0.05) is 12.2 Å². The van der Waals surface area contributed by atoms with E-state index < -0.39 is 29.1 Å². The standard InChI is InChI=1S/C34H29F3N4O5S/c35-34(36,37)24-12-16-26(17-13-24)39-32-41(20-27-8-5-19-45-27)31(43)29(47-32)23-10-14-25(15-11-23)38-30(42)28-9-4-18-40(28)33(44)46-21-22-6-2-1-3-7-22/h1-3,5-8,10-17,19,28-29H,4,9,18,20-21H2,(H,38,42)/t28-,29?/m0/s1. The number of carbonyl (C=O) groups excluding carboxylic acids is 3. The second-order valence-corrected chi connectivity index (χ2v) is 12.0. The van der Waals surface area contributed by atoms with Gasteiger partial charge in [-0.05, 0) is 72.5 Å². The summed E-state index contributed by atoms with van der Waals surface area (Å²) in [4.78, 5) is 46.9. The second kappa shape index (κ2) is 13.8. The van der Waals surface area contributed by atoms with Crippen LogP contribution in [0.4, 0.5) is 29.3 Å². The highest BCUT2D eigenvalue weighted by atomic mass is 32.2. The summed E-state index contributed by atoms with van der Waals surface area (Å²) in [5.74, 6) is -0.0963. The van der Waals surface area contributed by atoms with Gasteiger partial charge in [-0.3, -0.25) is 19.4 Å². The zero-order chi connectivity index (χ0) is 33.0. The van der Waals surface area contributed by atoms with E-state index in [0.717, 1.165) is 17.7 Å². The number of carbonyl (C=O) groups is 3. The van der Waals surface area contributed by atoms with E-state index in [0.29, 0.717) is 41.6 Å². The zero-order valence-electron chi connectivity index (χ0n) is 24.9. The lowest BCUT2D eigenvalue weighted by atomic mass is 10.1. The van der Waals surface area contributed by atoms with Crippen LogP contribution in [0.5, 0.6) is 0 Å². The SMILES string of the molecule is O=C(Nc1ccc(C2SC(=Nc3ccc(C(F)(F)F)cc3)N(Cc3ccco3)C2=O)cc1)[C@@H]1CCCN1C(=O)OCc1ccccc1. The lowest BCUT2D eigenvalue weighted by Crippen LogP contribution is -2.43. The summed E-state index contributed by atoms with van der Waals surface area (Å²) >= 11 is 1.17. The number of alkyl halides is 3. The number of benzene rings is 3. The van der Waals surface area contributed by atoms with Gasteiger partial charge in [0.05, 0.1) is 24.1 Å². The van der Waals surface area contributed by atoms with Crippen molar-refractivity contribution in [3.63, 3.8) is 0 Å². The highest BCUT2D eigenvalue weighted by molar-refractivity contribution is 8.15. The minimum Gasteiger partial charge on any atom is -0.467 e. The number of hydrogen-bond acceptors (Lipinski definition) is 7. The average molecular weight is 663 g/mol. The van der Waals surface area contributed by atoms with Crippen molar-refractivity contribution < 1.29 is 36.7 Å². The van der Waals surface area contributed by atoms with E-state index in [1.165, 1.54) is 40.0 Å². The van der Waals surface area contributed by atoms with Crippen LogP contribution in [0.15, 0.2) is 107 Å². The molecule has 2 fully saturated rings. The summed E-state index contributed by atoms with van der Waals surface area (Å²) in [6.45, 7) is 0.616. The summed E-state index contributed by atoms with van der Waals surface area (Å²) in [5, 5.41) is 2.49. The average Bonchev–Trinajstić information content (AvgIpc) is 3.83. The highest BCUT2D eigenvalue weighted by Gasteiger charge is 2.40. The number of anilines is 1. The molecule has 2 atom stereocenters. The van der Waals surface area contributed by atoms with Crippen molar-refractivity contribution in [2.45, 2.75) is 43.5 Å². The number of ether oxygens (including phenoxy) is 1. The molecule has 2 aliphatic rings. The first-order valence-corrected chi connectivity index (χ1v) is 15.7. The van der Waals surface area contributed by atoms with Crippen LogP contribution in [0.1, 0.15) is 40.5 Å². The van der Waals surface area contributed by atoms with Crippen LogP contribution in [0, 0.1) is 0 Å². The molecule has 3 aromatic carbocycles. The number of thioether (sulfide) groups is 1. The minimum atomic E-state index is -4.48. The number of rotatable bonds is 8. The van der Waals surface area contributed by atoms with E-state index in [9.17, 15) is 27.6 Å². The van der Waals surface area contributed by atoms with Gasteiger partial charge in [-0.2, -0.15) is 13.2 Å². The number of amides is 3. The second-order valence-electron chi connectivity index (χ2n) is 10.9. The van der Waals surface area contributed by atoms with E-state index in [-0.39, 0.29) is 30.7 Å². The molecule has 0 spiro atoms. The van der Waals surface area contributed by atoms with Crippen molar-refractivity contribution in [1.82, 2.24) is 9.80 Å². The molecule has 6 rings (SSSR count). The number of nitrogens with one attached hydrogen (secondary N) is 1. The van der Waals surface area contributed by atoms with Gasteiger partial charge in [0.2, 0.25) is 11.8 Å². The molecule has 1 N–H and O–H groups in total. The third kappa shape index (κ3) is 7.51. The molecule has 3 heterocycles. The van der Waals surface area contributed by atoms with Crippen molar-refractivity contribution in [2.75, 3.05) is 11.9 Å². The number of aliphatic imine (C=N–C) groups is 1. The van der Waals surface area contributed by atoms with Crippen LogP contribution < -0.4 is 5.32 Å². The van der Waals surface area contributed by atoms with Crippen LogP contribution in [0.2, 0.25) is 0 Å². The maximum Gasteiger partial charge on any atom is 0.416 e. The predicted molar refractivity (Wildman–Crippen MR) is 170 cm³/mol. The smallest absolute Gasteiger partial charge is 0.416 e. The van der Waals surface area contributed by atoms with Crippen LogP contribution in [0.25, 0.3) is 0 Å². The van der Waals surface area contributed by atoms with Crippen molar-refractivity contribution in [3.8, 4) is 0 Å². The molecule has 1 aromatic heterocycles. The molecule has 0 bridgehead atoms. The normalized spacial score (nSPS) is 19.0. The lowest BCUT2D eigenvalue weighted by Gasteiger charge is -2.23. The number of hydrogen-bond donors (Lipinski definition) is 1. The van der Waals surface area contributed by atoms with E-state index in [1.54, 1.807) is 36.4 Å². The third-order valence-electron chi connectivity index (χ3n) is 7.73. The van der Waals surface area contributed by atoms with Gasteiger partial charge in [0.15, 0.2) is 5.17 Å². The van der Waals surface area contributed by atoms with E-state index >= 15 is 0 Å². The Morgan fingerprint density at radius 2 is 1.72 bits per heavy atom. The van der Waals surface area contributed by atoms with Gasteiger partial charge in [-0.1, -0.05) is 54.2 Å². The third-order valence-corrected chi connectivity index (χ3v) is 8.97. The van der Waals surface area contributed by atoms with Crippen molar-refractivity contribution in [3.05, 3.63) is 120 Å². The Morgan fingerprint density at radius 3 is 2.40 bits per heavy atom. The van der Waals surface area contributed by atoms with Crippen molar-refractivity contribution in [2.24, 2.45) is 4.99 Å². The molecule has 2 saturated heterocycles. The number of nitrogens with zero attached hydrogens (tertiary/aromatic N) is 3. The van der Waals surface area contributed by atoms with Crippen LogP contribution in [-0.4, -0.2) is 45.5 Å². The van der Waals surface area contributed by atoms with Gasteiger partial charge in [-0.15, -0.1) is 0 Å². The Balaban J connectivity index is 1.13. The molecule has 1 unspecified atom stereocenters. The van der Waals surface area contributed by atoms with Crippen LogP contribution in [-0.2, 0) is 33.7 Å². The number of likely N-dealkylation sites (tertiary alicyclic amines) is 1. The summed E-state index contributed by atoms with van der Waals surface area (Å²) in [6, 6.07) is 23.2. The quantitative estimate of drug-likeness (QED) is 0.209. The van der Waals surface area contributed by atoms with E-state index in [4.69, 9.17) is 9.15 Å². The Labute approximate surface area is 272 Å². The zero-order valence-corrected chi connectivity index (χ0v) is 25.7. The Hall–Kier alpha value is -5.04. The largest absolute Gasteiger partial charge is 0.467 e. The summed E-state index contributed by atoms with van der Waals surface area (Å²) in [7, 11) is 0. The molecule has 0 aliphatic carbocycles. The molecular weight excluding hydrogens is 633 g/mol. The highest BCUT2D eigenvalue weighted by Crippen LogP contribution is 2.42. The maximum atomic E-state index is 13.6. The Kier molecular flexibility index (Phi) is 9.34. The molecular formula is C34H29F3N4O5S. The summed E-state index contributed by atoms with van der Waals surface area (Å²) in [6.07, 6.45) is -2.37. The molecule has 2 aliphatic heterocycles. The fraction of sp³-hybridized carbons (Fsp3) is 0.235. The number of furan rings is 1. The first-order valence-electron chi connectivity index (χ1n) is 14.8. The predicted octanol–water partition coefficient (Wildman–Crippen LogP) is 7.54. The number of halogens is 3. The molecule has 13 heteroatoms. The van der Waals surface area contributed by atoms with Gasteiger partial charge < -0.3 is 14.5 Å². The van der Waals surface area contributed by atoms with E-state index in [1.807, 2.05) is 30.3 Å². The Bertz CT molecular complexity index is 1750. The van der Waals surface area contributed by atoms with E-state index in [2.05, 4.69) is 10.3 Å². The topological polar surface area (TPSA) is 104 Å². The first-order chi connectivity index (χ1) is 22.7. The maximum absolute atomic E-state index is 13.6. The monoisotopic (exact) mass is 662 g/mol. The molecule has 0 radical (unpaired) electrons. The molecule has 242 valence electrons. The minimum absolute atomic E-state index is 0.0919. The van der Waals surface area contributed by atoms with Gasteiger partial charge in [0.1, 0.15) is 23.7 Å². The summed E-state index contributed by atoms with van der Waals surface area (Å²) < 4.78 is 50.0. The fourth-order valence-corrected chi connectivity index (χ4v) is 6.49. The van der Waals surface area contributed by atoms with Crippen LogP contribution >= 0.6 is 11.8 Å². The molecule has 0 saturated carbocycles. The molecule has 3 amide bonds. The lowest BCUT2D eigenvalue weighted by molar-refractivity contribution is -0.137.